The van der Waals surface area contributed by atoms with Crippen LogP contribution >= 0.6 is 0 Å². The van der Waals surface area contributed by atoms with Crippen molar-refractivity contribution in [2.75, 3.05) is 13.1 Å². The average molecular weight is 246 g/mol. The molecule has 0 atom stereocenters. The summed E-state index contributed by atoms with van der Waals surface area (Å²) < 4.78 is 13.9. The van der Waals surface area contributed by atoms with Gasteiger partial charge in [-0.15, -0.1) is 0 Å². The fraction of sp³-hybridized carbons (Fsp3) is 0.467. The van der Waals surface area contributed by atoms with Crippen LogP contribution in [0.4, 0.5) is 4.39 Å². The highest BCUT2D eigenvalue weighted by Crippen LogP contribution is 2.23. The summed E-state index contributed by atoms with van der Waals surface area (Å²) in [5, 5.41) is 0.766. The van der Waals surface area contributed by atoms with Gasteiger partial charge in [-0.2, -0.15) is 0 Å². The molecule has 0 aliphatic carbocycles. The van der Waals surface area contributed by atoms with Gasteiger partial charge in [-0.3, -0.25) is 4.90 Å². The molecule has 0 bridgehead atoms. The minimum Gasteiger partial charge on any atom is -0.361 e. The molecule has 2 aromatic rings. The van der Waals surface area contributed by atoms with Gasteiger partial charge < -0.3 is 4.98 Å². The van der Waals surface area contributed by atoms with E-state index >= 15 is 0 Å². The quantitative estimate of drug-likeness (QED) is 0.856. The van der Waals surface area contributed by atoms with Crippen molar-refractivity contribution in [3.05, 3.63) is 35.8 Å². The number of benzene rings is 1. The minimum absolute atomic E-state index is 0.112. The number of aromatic amines is 1. The van der Waals surface area contributed by atoms with Crippen LogP contribution in [0, 0.1) is 5.82 Å². The molecule has 2 heterocycles. The maximum Gasteiger partial charge on any atom is 0.132 e. The predicted molar refractivity (Wildman–Crippen MR) is 72.0 cm³/mol. The van der Waals surface area contributed by atoms with Crippen molar-refractivity contribution < 1.29 is 4.39 Å². The molecule has 1 aromatic carbocycles. The third kappa shape index (κ3) is 2.27. The number of hydrogen-bond donors (Lipinski definition) is 1. The summed E-state index contributed by atoms with van der Waals surface area (Å²) >= 11 is 0. The van der Waals surface area contributed by atoms with Crippen molar-refractivity contribution >= 4 is 10.9 Å². The molecule has 1 aliphatic heterocycles. The van der Waals surface area contributed by atoms with Crippen LogP contribution < -0.4 is 0 Å². The molecule has 0 radical (unpaired) electrons. The predicted octanol–water partition coefficient (Wildman–Crippen LogP) is 3.68. The van der Waals surface area contributed by atoms with Crippen LogP contribution in [0.5, 0.6) is 0 Å². The van der Waals surface area contributed by atoms with Crippen LogP contribution in [0.25, 0.3) is 10.9 Å². The van der Waals surface area contributed by atoms with Crippen molar-refractivity contribution in [3.63, 3.8) is 0 Å². The molecule has 0 spiro atoms. The summed E-state index contributed by atoms with van der Waals surface area (Å²) in [7, 11) is 0. The number of aromatic nitrogens is 1. The largest absolute Gasteiger partial charge is 0.361 e. The molecule has 18 heavy (non-hydrogen) atoms. The summed E-state index contributed by atoms with van der Waals surface area (Å²) in [6.45, 7) is 3.14. The first-order valence-corrected chi connectivity index (χ1v) is 6.81. The van der Waals surface area contributed by atoms with Crippen molar-refractivity contribution in [1.29, 1.82) is 0 Å². The molecular formula is C15H19FN2. The van der Waals surface area contributed by atoms with Crippen LogP contribution in [-0.2, 0) is 6.54 Å². The maximum atomic E-state index is 13.9. The second kappa shape index (κ2) is 5.11. The first-order valence-electron chi connectivity index (χ1n) is 6.81. The van der Waals surface area contributed by atoms with E-state index < -0.39 is 0 Å². The van der Waals surface area contributed by atoms with Crippen LogP contribution in [-0.4, -0.2) is 23.0 Å². The zero-order valence-corrected chi connectivity index (χ0v) is 10.6. The van der Waals surface area contributed by atoms with E-state index in [1.165, 1.54) is 25.7 Å². The summed E-state index contributed by atoms with van der Waals surface area (Å²) in [6.07, 6.45) is 7.16. The fourth-order valence-electron chi connectivity index (χ4n) is 2.87. The molecule has 0 saturated carbocycles. The number of rotatable bonds is 2. The van der Waals surface area contributed by atoms with E-state index in [1.807, 2.05) is 12.3 Å². The van der Waals surface area contributed by atoms with E-state index in [0.29, 0.717) is 0 Å². The fourth-order valence-corrected chi connectivity index (χ4v) is 2.87. The van der Waals surface area contributed by atoms with Crippen LogP contribution in [0.15, 0.2) is 24.4 Å². The Morgan fingerprint density at radius 1 is 1.11 bits per heavy atom. The number of halogens is 1. The molecule has 1 aromatic heterocycles. The molecule has 1 fully saturated rings. The van der Waals surface area contributed by atoms with Crippen molar-refractivity contribution in [2.45, 2.75) is 32.2 Å². The Bertz CT molecular complexity index is 524. The molecule has 3 heteroatoms. The first kappa shape index (κ1) is 11.7. The van der Waals surface area contributed by atoms with Gasteiger partial charge in [0.1, 0.15) is 5.82 Å². The summed E-state index contributed by atoms with van der Waals surface area (Å²) in [5.74, 6) is -0.112. The number of fused-ring (bicyclic) bond motifs is 1. The van der Waals surface area contributed by atoms with Crippen molar-refractivity contribution in [1.82, 2.24) is 9.88 Å². The smallest absolute Gasteiger partial charge is 0.132 e. The van der Waals surface area contributed by atoms with Crippen LogP contribution in [0.3, 0.4) is 0 Å². The molecule has 96 valence electrons. The lowest BCUT2D eigenvalue weighted by atomic mass is 10.1. The van der Waals surface area contributed by atoms with Crippen molar-refractivity contribution in [2.24, 2.45) is 0 Å². The molecule has 1 N–H and O–H groups in total. The molecule has 0 amide bonds. The van der Waals surface area contributed by atoms with Gasteiger partial charge in [0.2, 0.25) is 0 Å². The van der Waals surface area contributed by atoms with E-state index in [4.69, 9.17) is 0 Å². The number of nitrogens with one attached hydrogen (secondary N) is 1. The Labute approximate surface area is 107 Å². The van der Waals surface area contributed by atoms with Gasteiger partial charge in [-0.05, 0) is 43.6 Å². The zero-order valence-electron chi connectivity index (χ0n) is 10.6. The Kier molecular flexibility index (Phi) is 3.33. The summed E-state index contributed by atoms with van der Waals surface area (Å²) in [5.41, 5.74) is 1.99. The topological polar surface area (TPSA) is 19.0 Å². The zero-order chi connectivity index (χ0) is 12.4. The first-order chi connectivity index (χ1) is 8.84. The van der Waals surface area contributed by atoms with Gasteiger partial charge in [0.05, 0.1) is 0 Å². The second-order valence-electron chi connectivity index (χ2n) is 5.17. The number of hydrogen-bond acceptors (Lipinski definition) is 1. The lowest BCUT2D eigenvalue weighted by Crippen LogP contribution is -2.23. The Balaban J connectivity index is 1.85. The standard InChI is InChI=1S/C15H19FN2/c16-13-6-5-7-14-15(13)12(10-17-14)11-18-8-3-1-2-4-9-18/h5-7,10,17H,1-4,8-9,11H2. The SMILES string of the molecule is Fc1cccc2[nH]cc(CN3CCCCCC3)c12. The van der Waals surface area contributed by atoms with E-state index in [-0.39, 0.29) is 5.82 Å². The average Bonchev–Trinajstić information content (AvgIpc) is 2.60. The lowest BCUT2D eigenvalue weighted by Gasteiger charge is -2.19. The number of nitrogens with zero attached hydrogens (tertiary/aromatic N) is 1. The van der Waals surface area contributed by atoms with E-state index in [1.54, 1.807) is 12.1 Å². The van der Waals surface area contributed by atoms with E-state index in [2.05, 4.69) is 9.88 Å². The highest BCUT2D eigenvalue weighted by atomic mass is 19.1. The summed E-state index contributed by atoms with van der Waals surface area (Å²) in [6, 6.07) is 5.23. The highest BCUT2D eigenvalue weighted by molar-refractivity contribution is 5.83. The molecule has 0 unspecified atom stereocenters. The Morgan fingerprint density at radius 3 is 2.67 bits per heavy atom. The van der Waals surface area contributed by atoms with Crippen molar-refractivity contribution in [3.8, 4) is 0 Å². The number of H-pyrrole nitrogens is 1. The molecule has 2 nitrogen and oxygen atoms in total. The molecule has 1 saturated heterocycles. The minimum atomic E-state index is -0.112. The van der Waals surface area contributed by atoms with Gasteiger partial charge in [0.25, 0.3) is 0 Å². The van der Waals surface area contributed by atoms with Gasteiger partial charge in [0, 0.05) is 23.6 Å². The molecular weight excluding hydrogens is 227 g/mol. The monoisotopic (exact) mass is 246 g/mol. The third-order valence-electron chi connectivity index (χ3n) is 3.83. The molecule has 3 rings (SSSR count). The van der Waals surface area contributed by atoms with Crippen LogP contribution in [0.2, 0.25) is 0 Å². The van der Waals surface area contributed by atoms with Gasteiger partial charge in [0.15, 0.2) is 0 Å². The second-order valence-corrected chi connectivity index (χ2v) is 5.17. The summed E-state index contributed by atoms with van der Waals surface area (Å²) in [4.78, 5) is 5.61. The highest BCUT2D eigenvalue weighted by Gasteiger charge is 2.13. The normalized spacial score (nSPS) is 18.1. The lowest BCUT2D eigenvalue weighted by molar-refractivity contribution is 0.278. The third-order valence-corrected chi connectivity index (χ3v) is 3.83. The Morgan fingerprint density at radius 2 is 1.89 bits per heavy atom. The van der Waals surface area contributed by atoms with Crippen LogP contribution in [0.1, 0.15) is 31.2 Å². The Hall–Kier alpha value is -1.35. The van der Waals surface area contributed by atoms with E-state index in [9.17, 15) is 4.39 Å². The number of likely N-dealkylation sites (tertiary alicyclic amines) is 1. The van der Waals surface area contributed by atoms with E-state index in [0.717, 1.165) is 36.1 Å². The van der Waals surface area contributed by atoms with Gasteiger partial charge in [-0.1, -0.05) is 18.9 Å². The molecule has 1 aliphatic rings. The van der Waals surface area contributed by atoms with Gasteiger partial charge >= 0.3 is 0 Å². The maximum absolute atomic E-state index is 13.9. The van der Waals surface area contributed by atoms with Gasteiger partial charge in [-0.25, -0.2) is 4.39 Å².